The molecule has 0 aliphatic carbocycles. The van der Waals surface area contributed by atoms with Crippen LogP contribution in [0.1, 0.15) is 31.4 Å². The van der Waals surface area contributed by atoms with Crippen molar-refractivity contribution in [2.75, 3.05) is 0 Å². The van der Waals surface area contributed by atoms with Crippen molar-refractivity contribution in [3.63, 3.8) is 0 Å². The summed E-state index contributed by atoms with van der Waals surface area (Å²) in [4.78, 5) is 0. The van der Waals surface area contributed by atoms with Gasteiger partial charge in [-0.25, -0.2) is 4.39 Å². The molecule has 0 spiro atoms. The van der Waals surface area contributed by atoms with Crippen LogP contribution in [0.4, 0.5) is 4.39 Å². The third kappa shape index (κ3) is 3.84. The molecule has 0 radical (unpaired) electrons. The Morgan fingerprint density at radius 2 is 2.31 bits per heavy atom. The van der Waals surface area contributed by atoms with Crippen molar-refractivity contribution < 1.29 is 4.39 Å². The molecule has 0 bridgehead atoms. The Morgan fingerprint density at radius 1 is 1.62 bits per heavy atom. The topological polar surface area (TPSA) is 38.0 Å². The number of hydrogen-bond donors (Lipinski definition) is 2. The fourth-order valence-electron chi connectivity index (χ4n) is 1.50. The van der Waals surface area contributed by atoms with Crippen LogP contribution in [0.3, 0.4) is 0 Å². The van der Waals surface area contributed by atoms with E-state index >= 15 is 0 Å². The minimum atomic E-state index is -0.219. The Labute approximate surface area is 109 Å². The van der Waals surface area contributed by atoms with E-state index in [9.17, 15) is 4.39 Å². The fourth-order valence-corrected chi connectivity index (χ4v) is 2.36. The third-order valence-electron chi connectivity index (χ3n) is 2.40. The van der Waals surface area contributed by atoms with Gasteiger partial charge in [-0.05, 0) is 60.1 Å². The summed E-state index contributed by atoms with van der Waals surface area (Å²) in [7, 11) is 0. The summed E-state index contributed by atoms with van der Waals surface area (Å²) in [5.41, 5.74) is 4.92. The number of nitrogens with one attached hydrogen (secondary N) is 1. The van der Waals surface area contributed by atoms with Gasteiger partial charge in [0.2, 0.25) is 0 Å². The van der Waals surface area contributed by atoms with Crippen LogP contribution in [0, 0.1) is 9.39 Å². The first kappa shape index (κ1) is 13.6. The van der Waals surface area contributed by atoms with Crippen molar-refractivity contribution in [3.05, 3.63) is 45.3 Å². The first-order chi connectivity index (χ1) is 7.54. The van der Waals surface area contributed by atoms with Gasteiger partial charge < -0.3 is 0 Å². The molecule has 1 atom stereocenters. The van der Waals surface area contributed by atoms with Gasteiger partial charge in [0.1, 0.15) is 5.82 Å². The maximum Gasteiger partial charge on any atom is 0.124 e. The van der Waals surface area contributed by atoms with E-state index in [0.717, 1.165) is 27.5 Å². The summed E-state index contributed by atoms with van der Waals surface area (Å²) >= 11 is 2.12. The van der Waals surface area contributed by atoms with E-state index in [-0.39, 0.29) is 11.9 Å². The van der Waals surface area contributed by atoms with Crippen molar-refractivity contribution in [2.24, 2.45) is 5.84 Å². The number of rotatable bonds is 5. The van der Waals surface area contributed by atoms with Crippen LogP contribution in [-0.4, -0.2) is 0 Å². The van der Waals surface area contributed by atoms with Crippen molar-refractivity contribution in [2.45, 2.75) is 25.8 Å². The highest BCUT2D eigenvalue weighted by Crippen LogP contribution is 2.25. The Kier molecular flexibility index (Phi) is 5.37. The Hall–Kier alpha value is -0.460. The molecule has 0 aliphatic rings. The van der Waals surface area contributed by atoms with Gasteiger partial charge in [-0.15, -0.1) is 6.58 Å². The number of allylic oxidation sites excluding steroid dienone is 1. The van der Waals surface area contributed by atoms with Crippen LogP contribution in [0.25, 0.3) is 0 Å². The SMILES string of the molecule is C=C(C)CCC(NN)c1ccc(F)cc1I. The second-order valence-corrected chi connectivity index (χ2v) is 5.04. The lowest BCUT2D eigenvalue weighted by Crippen LogP contribution is -2.28. The van der Waals surface area contributed by atoms with Crippen LogP contribution < -0.4 is 11.3 Å². The second kappa shape index (κ2) is 6.32. The third-order valence-corrected chi connectivity index (χ3v) is 3.33. The molecule has 1 unspecified atom stereocenters. The first-order valence-electron chi connectivity index (χ1n) is 5.10. The summed E-state index contributed by atoms with van der Waals surface area (Å²) < 4.78 is 13.8. The van der Waals surface area contributed by atoms with Gasteiger partial charge in [-0.1, -0.05) is 11.6 Å². The molecule has 0 heterocycles. The van der Waals surface area contributed by atoms with E-state index in [2.05, 4.69) is 34.6 Å². The molecule has 0 aromatic heterocycles. The fraction of sp³-hybridized carbons (Fsp3) is 0.333. The molecule has 0 saturated carbocycles. The first-order valence-corrected chi connectivity index (χ1v) is 6.18. The zero-order valence-electron chi connectivity index (χ0n) is 9.26. The Morgan fingerprint density at radius 3 is 2.81 bits per heavy atom. The Bertz CT molecular complexity index is 379. The summed E-state index contributed by atoms with van der Waals surface area (Å²) in [5, 5.41) is 0. The number of halogens is 2. The maximum atomic E-state index is 13.0. The van der Waals surface area contributed by atoms with Gasteiger partial charge in [-0.3, -0.25) is 11.3 Å². The zero-order chi connectivity index (χ0) is 12.1. The highest BCUT2D eigenvalue weighted by Gasteiger charge is 2.13. The van der Waals surface area contributed by atoms with Crippen molar-refractivity contribution in [1.82, 2.24) is 5.43 Å². The maximum absolute atomic E-state index is 13.0. The lowest BCUT2D eigenvalue weighted by atomic mass is 10.0. The van der Waals surface area contributed by atoms with E-state index in [0.29, 0.717) is 0 Å². The normalized spacial score (nSPS) is 12.5. The molecular weight excluding hydrogens is 318 g/mol. The smallest absolute Gasteiger partial charge is 0.124 e. The molecule has 88 valence electrons. The number of hydrogen-bond acceptors (Lipinski definition) is 2. The van der Waals surface area contributed by atoms with Crippen LogP contribution in [0.2, 0.25) is 0 Å². The molecule has 0 aliphatic heterocycles. The monoisotopic (exact) mass is 334 g/mol. The predicted octanol–water partition coefficient (Wildman–Crippen LogP) is 3.29. The van der Waals surface area contributed by atoms with Crippen molar-refractivity contribution >= 4 is 22.6 Å². The van der Waals surface area contributed by atoms with E-state index in [1.54, 1.807) is 6.07 Å². The summed E-state index contributed by atoms with van der Waals surface area (Å²) in [6.45, 7) is 5.85. The lowest BCUT2D eigenvalue weighted by Gasteiger charge is -2.17. The summed E-state index contributed by atoms with van der Waals surface area (Å²) in [6, 6.07) is 4.80. The van der Waals surface area contributed by atoms with Crippen LogP contribution >= 0.6 is 22.6 Å². The molecule has 0 saturated heterocycles. The van der Waals surface area contributed by atoms with Crippen LogP contribution in [-0.2, 0) is 0 Å². The van der Waals surface area contributed by atoms with Gasteiger partial charge in [0.25, 0.3) is 0 Å². The molecule has 0 amide bonds. The molecular formula is C12H16FIN2. The molecule has 16 heavy (non-hydrogen) atoms. The van der Waals surface area contributed by atoms with Gasteiger partial charge in [0, 0.05) is 9.61 Å². The molecule has 0 fully saturated rings. The summed E-state index contributed by atoms with van der Waals surface area (Å²) in [5.74, 6) is 5.30. The van der Waals surface area contributed by atoms with E-state index in [1.807, 2.05) is 6.92 Å². The summed E-state index contributed by atoms with van der Waals surface area (Å²) in [6.07, 6.45) is 1.77. The van der Waals surface area contributed by atoms with Crippen LogP contribution in [0.5, 0.6) is 0 Å². The average molecular weight is 334 g/mol. The number of benzene rings is 1. The minimum Gasteiger partial charge on any atom is -0.271 e. The van der Waals surface area contributed by atoms with E-state index < -0.39 is 0 Å². The molecule has 2 nitrogen and oxygen atoms in total. The molecule has 1 aromatic rings. The van der Waals surface area contributed by atoms with Gasteiger partial charge in [0.15, 0.2) is 0 Å². The van der Waals surface area contributed by atoms with E-state index in [1.165, 1.54) is 12.1 Å². The zero-order valence-corrected chi connectivity index (χ0v) is 11.4. The van der Waals surface area contributed by atoms with Crippen molar-refractivity contribution in [3.8, 4) is 0 Å². The molecule has 1 aromatic carbocycles. The number of hydrazine groups is 1. The number of nitrogens with two attached hydrogens (primary N) is 1. The van der Waals surface area contributed by atoms with E-state index in [4.69, 9.17) is 5.84 Å². The Balaban J connectivity index is 2.82. The molecule has 4 heteroatoms. The highest BCUT2D eigenvalue weighted by atomic mass is 127. The standard InChI is InChI=1S/C12H16FIN2/c1-8(2)3-6-12(16-15)10-5-4-9(13)7-11(10)14/h4-5,7,12,16H,1,3,6,15H2,2H3. The quantitative estimate of drug-likeness (QED) is 0.375. The van der Waals surface area contributed by atoms with Crippen molar-refractivity contribution in [1.29, 1.82) is 0 Å². The molecule has 3 N–H and O–H groups in total. The lowest BCUT2D eigenvalue weighted by molar-refractivity contribution is 0.512. The van der Waals surface area contributed by atoms with Gasteiger partial charge in [0.05, 0.1) is 0 Å². The second-order valence-electron chi connectivity index (χ2n) is 3.88. The van der Waals surface area contributed by atoms with Crippen LogP contribution in [0.15, 0.2) is 30.4 Å². The highest BCUT2D eigenvalue weighted by molar-refractivity contribution is 14.1. The predicted molar refractivity (Wildman–Crippen MR) is 73.2 cm³/mol. The van der Waals surface area contributed by atoms with Gasteiger partial charge in [-0.2, -0.15) is 0 Å². The van der Waals surface area contributed by atoms with Gasteiger partial charge >= 0.3 is 0 Å². The minimum absolute atomic E-state index is 0.0456. The largest absolute Gasteiger partial charge is 0.271 e. The molecule has 1 rings (SSSR count). The average Bonchev–Trinajstić information content (AvgIpc) is 2.21.